The molecule has 0 aromatic heterocycles. The maximum absolute atomic E-state index is 12.2. The number of hydrogen-bond donors (Lipinski definition) is 0. The summed E-state index contributed by atoms with van der Waals surface area (Å²) >= 11 is 9.39. The Bertz CT molecular complexity index is 468. The van der Waals surface area contributed by atoms with Gasteiger partial charge in [0.15, 0.2) is 6.61 Å². The Labute approximate surface area is 139 Å². The van der Waals surface area contributed by atoms with Gasteiger partial charge in [0.2, 0.25) is 0 Å². The van der Waals surface area contributed by atoms with Crippen molar-refractivity contribution in [1.82, 2.24) is 4.90 Å². The fourth-order valence-electron chi connectivity index (χ4n) is 1.78. The van der Waals surface area contributed by atoms with Crippen LogP contribution in [0.4, 0.5) is 0 Å². The molecule has 0 fully saturated rings. The third-order valence-electron chi connectivity index (χ3n) is 2.75. The Morgan fingerprint density at radius 1 is 1.43 bits per heavy atom. The van der Waals surface area contributed by atoms with Gasteiger partial charge < -0.3 is 14.4 Å². The lowest BCUT2D eigenvalue weighted by Crippen LogP contribution is -2.39. The summed E-state index contributed by atoms with van der Waals surface area (Å²) in [7, 11) is 1.62. The van der Waals surface area contributed by atoms with E-state index in [1.165, 1.54) is 0 Å². The Hall–Kier alpha value is -0.780. The number of methoxy groups -OCH3 is 1. The van der Waals surface area contributed by atoms with Gasteiger partial charge in [-0.2, -0.15) is 0 Å². The molecule has 0 bridgehead atoms. The summed E-state index contributed by atoms with van der Waals surface area (Å²) in [5, 5.41) is 0.476. The van der Waals surface area contributed by atoms with Crippen molar-refractivity contribution >= 4 is 33.4 Å². The topological polar surface area (TPSA) is 38.8 Å². The van der Waals surface area contributed by atoms with E-state index in [9.17, 15) is 4.79 Å². The van der Waals surface area contributed by atoms with E-state index in [4.69, 9.17) is 21.1 Å². The zero-order valence-electron chi connectivity index (χ0n) is 12.6. The molecule has 0 atom stereocenters. The lowest BCUT2D eigenvalue weighted by atomic mass is 10.2. The van der Waals surface area contributed by atoms with Crippen LogP contribution in [0.5, 0.6) is 5.75 Å². The van der Waals surface area contributed by atoms with Crippen LogP contribution in [0.2, 0.25) is 5.02 Å². The van der Waals surface area contributed by atoms with Gasteiger partial charge in [-0.05, 0) is 24.1 Å². The Morgan fingerprint density at radius 2 is 2.14 bits per heavy atom. The fourth-order valence-corrected chi connectivity index (χ4v) is 2.51. The molecule has 1 aromatic carbocycles. The largest absolute Gasteiger partial charge is 0.482 e. The minimum atomic E-state index is -0.0697. The molecule has 0 spiro atoms. The zero-order valence-corrected chi connectivity index (χ0v) is 14.9. The predicted octanol–water partition coefficient (Wildman–Crippen LogP) is 3.61. The van der Waals surface area contributed by atoms with Gasteiger partial charge in [0, 0.05) is 24.7 Å². The molecule has 0 saturated carbocycles. The predicted molar refractivity (Wildman–Crippen MR) is 87.9 cm³/mol. The smallest absolute Gasteiger partial charge is 0.260 e. The summed E-state index contributed by atoms with van der Waals surface area (Å²) in [5.74, 6) is 0.825. The number of benzene rings is 1. The Balaban J connectivity index is 2.59. The molecule has 0 N–H and O–H groups in total. The average molecular weight is 379 g/mol. The van der Waals surface area contributed by atoms with E-state index in [0.717, 1.165) is 4.47 Å². The number of carbonyl (C=O) groups excluding carboxylic acids is 1. The molecule has 0 aliphatic rings. The second-order valence-electron chi connectivity index (χ2n) is 5.09. The van der Waals surface area contributed by atoms with Crippen LogP contribution in [0, 0.1) is 5.92 Å². The second kappa shape index (κ2) is 9.28. The first-order chi connectivity index (χ1) is 9.93. The van der Waals surface area contributed by atoms with Crippen molar-refractivity contribution in [2.75, 3.05) is 33.4 Å². The number of hydrogen-bond acceptors (Lipinski definition) is 3. The SMILES string of the molecule is COCCN(CC(C)C)C(=O)COc1ccc(Br)cc1Cl. The highest BCUT2D eigenvalue weighted by Gasteiger charge is 2.16. The van der Waals surface area contributed by atoms with Crippen LogP contribution in [-0.4, -0.2) is 44.2 Å². The Kier molecular flexibility index (Phi) is 8.07. The number of nitrogens with zero attached hydrogens (tertiary/aromatic N) is 1. The molecule has 0 saturated heterocycles. The van der Waals surface area contributed by atoms with Crippen LogP contribution >= 0.6 is 27.5 Å². The fraction of sp³-hybridized carbons (Fsp3) is 0.533. The summed E-state index contributed by atoms with van der Waals surface area (Å²) in [6, 6.07) is 5.29. The molecular weight excluding hydrogens is 358 g/mol. The molecule has 6 heteroatoms. The monoisotopic (exact) mass is 377 g/mol. The highest BCUT2D eigenvalue weighted by Crippen LogP contribution is 2.27. The van der Waals surface area contributed by atoms with Crippen molar-refractivity contribution in [3.05, 3.63) is 27.7 Å². The van der Waals surface area contributed by atoms with Crippen molar-refractivity contribution in [3.8, 4) is 5.75 Å². The van der Waals surface area contributed by atoms with Crippen molar-refractivity contribution in [3.63, 3.8) is 0 Å². The van der Waals surface area contributed by atoms with E-state index in [2.05, 4.69) is 29.8 Å². The number of ether oxygens (including phenoxy) is 2. The van der Waals surface area contributed by atoms with Gasteiger partial charge in [0.1, 0.15) is 5.75 Å². The molecule has 1 rings (SSSR count). The van der Waals surface area contributed by atoms with Crippen LogP contribution in [-0.2, 0) is 9.53 Å². The quantitative estimate of drug-likeness (QED) is 0.693. The summed E-state index contributed by atoms with van der Waals surface area (Å²) in [4.78, 5) is 14.0. The van der Waals surface area contributed by atoms with E-state index in [-0.39, 0.29) is 12.5 Å². The number of carbonyl (C=O) groups is 1. The van der Waals surface area contributed by atoms with E-state index >= 15 is 0 Å². The molecule has 0 aliphatic carbocycles. The molecule has 1 amide bonds. The number of halogens is 2. The van der Waals surface area contributed by atoms with Gasteiger partial charge >= 0.3 is 0 Å². The molecule has 0 unspecified atom stereocenters. The first-order valence-corrected chi connectivity index (χ1v) is 7.95. The maximum Gasteiger partial charge on any atom is 0.260 e. The first-order valence-electron chi connectivity index (χ1n) is 6.78. The van der Waals surface area contributed by atoms with Gasteiger partial charge in [-0.15, -0.1) is 0 Å². The summed E-state index contributed by atoms with van der Waals surface area (Å²) in [6.45, 7) is 5.86. The van der Waals surface area contributed by atoms with Gasteiger partial charge in [-0.1, -0.05) is 41.4 Å². The van der Waals surface area contributed by atoms with Gasteiger partial charge in [-0.25, -0.2) is 0 Å². The third kappa shape index (κ3) is 6.68. The van der Waals surface area contributed by atoms with Gasteiger partial charge in [-0.3, -0.25) is 4.79 Å². The molecule has 21 heavy (non-hydrogen) atoms. The first kappa shape index (κ1) is 18.3. The standard InChI is InChI=1S/C15H21BrClNO3/c1-11(2)9-18(6-7-20-3)15(19)10-21-14-5-4-12(16)8-13(14)17/h4-5,8,11H,6-7,9-10H2,1-3H3. The molecule has 0 heterocycles. The highest BCUT2D eigenvalue weighted by atomic mass is 79.9. The molecule has 0 aliphatic heterocycles. The van der Waals surface area contributed by atoms with E-state index in [1.807, 2.05) is 6.07 Å². The van der Waals surface area contributed by atoms with Crippen LogP contribution in [0.25, 0.3) is 0 Å². The zero-order chi connectivity index (χ0) is 15.8. The van der Waals surface area contributed by atoms with Crippen LogP contribution in [0.1, 0.15) is 13.8 Å². The summed E-state index contributed by atoms with van der Waals surface area (Å²) < 4.78 is 11.4. The van der Waals surface area contributed by atoms with E-state index < -0.39 is 0 Å². The summed E-state index contributed by atoms with van der Waals surface area (Å²) in [5.41, 5.74) is 0. The van der Waals surface area contributed by atoms with Crippen LogP contribution in [0.15, 0.2) is 22.7 Å². The number of amides is 1. The lowest BCUT2D eigenvalue weighted by molar-refractivity contribution is -0.134. The molecular formula is C15H21BrClNO3. The van der Waals surface area contributed by atoms with E-state index in [1.54, 1.807) is 24.1 Å². The molecule has 1 aromatic rings. The minimum absolute atomic E-state index is 0.0300. The molecule has 4 nitrogen and oxygen atoms in total. The van der Waals surface area contributed by atoms with Gasteiger partial charge in [0.25, 0.3) is 5.91 Å². The van der Waals surface area contributed by atoms with Gasteiger partial charge in [0.05, 0.1) is 11.6 Å². The van der Waals surface area contributed by atoms with Crippen LogP contribution in [0.3, 0.4) is 0 Å². The lowest BCUT2D eigenvalue weighted by Gasteiger charge is -2.24. The third-order valence-corrected chi connectivity index (χ3v) is 3.54. The number of rotatable bonds is 8. The van der Waals surface area contributed by atoms with Crippen molar-refractivity contribution in [2.24, 2.45) is 5.92 Å². The van der Waals surface area contributed by atoms with Crippen molar-refractivity contribution < 1.29 is 14.3 Å². The van der Waals surface area contributed by atoms with Crippen molar-refractivity contribution in [2.45, 2.75) is 13.8 Å². The minimum Gasteiger partial charge on any atom is -0.482 e. The molecule has 0 radical (unpaired) electrons. The Morgan fingerprint density at radius 3 is 2.71 bits per heavy atom. The normalized spacial score (nSPS) is 10.8. The maximum atomic E-state index is 12.2. The van der Waals surface area contributed by atoms with Crippen LogP contribution < -0.4 is 4.74 Å². The average Bonchev–Trinajstić information content (AvgIpc) is 2.41. The van der Waals surface area contributed by atoms with Crippen molar-refractivity contribution in [1.29, 1.82) is 0 Å². The van der Waals surface area contributed by atoms with E-state index in [0.29, 0.717) is 36.4 Å². The summed E-state index contributed by atoms with van der Waals surface area (Å²) in [6.07, 6.45) is 0. The molecule has 118 valence electrons. The second-order valence-corrected chi connectivity index (χ2v) is 6.41. The highest BCUT2D eigenvalue weighted by molar-refractivity contribution is 9.10.